The van der Waals surface area contributed by atoms with Gasteiger partial charge >= 0.3 is 0 Å². The van der Waals surface area contributed by atoms with E-state index in [-0.39, 0.29) is 11.7 Å². The first-order valence-electron chi connectivity index (χ1n) is 8.86. The number of ether oxygens (including phenoxy) is 1. The van der Waals surface area contributed by atoms with E-state index in [9.17, 15) is 4.79 Å². The summed E-state index contributed by atoms with van der Waals surface area (Å²) in [4.78, 5) is 12.1. The maximum absolute atomic E-state index is 12.1. The molecule has 1 heterocycles. The fourth-order valence-electron chi connectivity index (χ4n) is 2.53. The number of amides is 1. The van der Waals surface area contributed by atoms with Gasteiger partial charge in [0.05, 0.1) is 17.9 Å². The van der Waals surface area contributed by atoms with Crippen molar-refractivity contribution in [1.29, 1.82) is 0 Å². The summed E-state index contributed by atoms with van der Waals surface area (Å²) < 4.78 is 11.5. The Morgan fingerprint density at radius 2 is 2.00 bits per heavy atom. The standard InChI is InChI=1S/C20H19BrClN3O3S/c1-27-15-8-5-13(6-9-15)3-2-4-19-24-25-20(28-19)29-12-18(26)23-14-7-10-17(22)16(21)11-14/h5-11H,2-4,12H2,1H3,(H,23,26). The average molecular weight is 497 g/mol. The predicted octanol–water partition coefficient (Wildman–Crippen LogP) is 5.40. The Hall–Kier alpha value is -2.03. The van der Waals surface area contributed by atoms with Gasteiger partial charge in [-0.1, -0.05) is 35.5 Å². The van der Waals surface area contributed by atoms with Gasteiger partial charge in [0, 0.05) is 16.6 Å². The van der Waals surface area contributed by atoms with Crippen molar-refractivity contribution in [2.24, 2.45) is 0 Å². The van der Waals surface area contributed by atoms with Crippen LogP contribution >= 0.6 is 39.3 Å². The van der Waals surface area contributed by atoms with Crippen molar-refractivity contribution in [3.05, 3.63) is 63.4 Å². The molecule has 0 saturated heterocycles. The average Bonchev–Trinajstić information content (AvgIpc) is 3.17. The van der Waals surface area contributed by atoms with Crippen LogP contribution in [0.3, 0.4) is 0 Å². The molecule has 0 saturated carbocycles. The highest BCUT2D eigenvalue weighted by molar-refractivity contribution is 9.10. The van der Waals surface area contributed by atoms with Crippen molar-refractivity contribution < 1.29 is 13.9 Å². The van der Waals surface area contributed by atoms with Crippen LogP contribution in [0.2, 0.25) is 5.02 Å². The van der Waals surface area contributed by atoms with Crippen LogP contribution in [0.15, 0.2) is 56.6 Å². The minimum absolute atomic E-state index is 0.163. The second-order valence-electron chi connectivity index (χ2n) is 6.13. The van der Waals surface area contributed by atoms with Crippen LogP contribution in [-0.2, 0) is 17.6 Å². The Balaban J connectivity index is 1.41. The molecular weight excluding hydrogens is 478 g/mol. The number of nitrogens with one attached hydrogen (secondary N) is 1. The van der Waals surface area contributed by atoms with Crippen molar-refractivity contribution in [1.82, 2.24) is 10.2 Å². The quantitative estimate of drug-likeness (QED) is 0.400. The van der Waals surface area contributed by atoms with Crippen LogP contribution in [0, 0.1) is 0 Å². The number of benzene rings is 2. The molecule has 29 heavy (non-hydrogen) atoms. The Morgan fingerprint density at radius 3 is 2.72 bits per heavy atom. The summed E-state index contributed by atoms with van der Waals surface area (Å²) in [6.45, 7) is 0. The number of methoxy groups -OCH3 is 1. The largest absolute Gasteiger partial charge is 0.497 e. The molecule has 0 unspecified atom stereocenters. The van der Waals surface area contributed by atoms with Gasteiger partial charge in [-0.05, 0) is 64.7 Å². The molecule has 6 nitrogen and oxygen atoms in total. The number of rotatable bonds is 9. The molecule has 0 aliphatic carbocycles. The van der Waals surface area contributed by atoms with E-state index in [4.69, 9.17) is 20.8 Å². The second-order valence-corrected chi connectivity index (χ2v) is 8.32. The number of carbonyl (C=O) groups is 1. The Morgan fingerprint density at radius 1 is 1.21 bits per heavy atom. The van der Waals surface area contributed by atoms with E-state index in [0.29, 0.717) is 28.2 Å². The van der Waals surface area contributed by atoms with Gasteiger partial charge in [0.1, 0.15) is 5.75 Å². The summed E-state index contributed by atoms with van der Waals surface area (Å²) in [5, 5.41) is 11.8. The van der Waals surface area contributed by atoms with Crippen LogP contribution in [0.4, 0.5) is 5.69 Å². The number of thioether (sulfide) groups is 1. The van der Waals surface area contributed by atoms with Gasteiger partial charge in [-0.25, -0.2) is 0 Å². The molecule has 1 aromatic heterocycles. The van der Waals surface area contributed by atoms with Crippen LogP contribution in [0.25, 0.3) is 0 Å². The lowest BCUT2D eigenvalue weighted by Crippen LogP contribution is -2.13. The Bertz CT molecular complexity index is 966. The first kappa shape index (κ1) is 21.7. The smallest absolute Gasteiger partial charge is 0.277 e. The zero-order valence-corrected chi connectivity index (χ0v) is 18.8. The SMILES string of the molecule is COc1ccc(CCCc2nnc(SCC(=O)Nc3ccc(Cl)c(Br)c3)o2)cc1. The van der Waals surface area contributed by atoms with E-state index < -0.39 is 0 Å². The van der Waals surface area contributed by atoms with Gasteiger partial charge in [-0.15, -0.1) is 10.2 Å². The first-order chi connectivity index (χ1) is 14.0. The van der Waals surface area contributed by atoms with Gasteiger partial charge in [0.15, 0.2) is 0 Å². The molecule has 0 atom stereocenters. The van der Waals surface area contributed by atoms with Crippen LogP contribution < -0.4 is 10.1 Å². The van der Waals surface area contributed by atoms with Crippen LogP contribution in [0.1, 0.15) is 17.9 Å². The molecule has 152 valence electrons. The minimum Gasteiger partial charge on any atom is -0.497 e. The van der Waals surface area contributed by atoms with Gasteiger partial charge in [0.2, 0.25) is 11.8 Å². The third kappa shape index (κ3) is 6.76. The highest BCUT2D eigenvalue weighted by atomic mass is 79.9. The van der Waals surface area contributed by atoms with Gasteiger partial charge < -0.3 is 14.5 Å². The van der Waals surface area contributed by atoms with E-state index in [1.807, 2.05) is 24.3 Å². The van der Waals surface area contributed by atoms with E-state index in [0.717, 1.165) is 23.1 Å². The summed E-state index contributed by atoms with van der Waals surface area (Å²) in [6.07, 6.45) is 2.49. The third-order valence-electron chi connectivity index (χ3n) is 3.99. The normalized spacial score (nSPS) is 10.7. The summed E-state index contributed by atoms with van der Waals surface area (Å²) >= 11 is 10.5. The number of carbonyl (C=O) groups excluding carboxylic acids is 1. The zero-order chi connectivity index (χ0) is 20.6. The number of anilines is 1. The molecule has 0 spiro atoms. The van der Waals surface area contributed by atoms with Crippen molar-refractivity contribution in [3.8, 4) is 5.75 Å². The monoisotopic (exact) mass is 495 g/mol. The molecule has 0 fully saturated rings. The summed E-state index contributed by atoms with van der Waals surface area (Å²) in [7, 11) is 1.65. The molecule has 9 heteroatoms. The Labute approximate surface area is 186 Å². The lowest BCUT2D eigenvalue weighted by molar-refractivity contribution is -0.113. The molecule has 3 rings (SSSR count). The van der Waals surface area contributed by atoms with Crippen molar-refractivity contribution in [3.63, 3.8) is 0 Å². The van der Waals surface area contributed by atoms with Crippen molar-refractivity contribution in [2.45, 2.75) is 24.5 Å². The maximum Gasteiger partial charge on any atom is 0.277 e. The van der Waals surface area contributed by atoms with Gasteiger partial charge in [0.25, 0.3) is 5.22 Å². The summed E-state index contributed by atoms with van der Waals surface area (Å²) in [6, 6.07) is 13.2. The highest BCUT2D eigenvalue weighted by Gasteiger charge is 2.11. The number of hydrogen-bond donors (Lipinski definition) is 1. The minimum atomic E-state index is -0.163. The zero-order valence-electron chi connectivity index (χ0n) is 15.7. The van der Waals surface area contributed by atoms with E-state index in [1.165, 1.54) is 17.3 Å². The molecule has 2 aromatic carbocycles. The molecule has 1 amide bonds. The fourth-order valence-corrected chi connectivity index (χ4v) is 3.61. The van der Waals surface area contributed by atoms with E-state index in [2.05, 4.69) is 31.4 Å². The van der Waals surface area contributed by atoms with E-state index >= 15 is 0 Å². The molecule has 1 N–H and O–H groups in total. The van der Waals surface area contributed by atoms with Crippen molar-refractivity contribution >= 4 is 50.9 Å². The second kappa shape index (κ2) is 10.7. The first-order valence-corrected chi connectivity index (χ1v) is 11.0. The molecule has 0 radical (unpaired) electrons. The molecule has 0 aliphatic heterocycles. The maximum atomic E-state index is 12.1. The van der Waals surface area contributed by atoms with E-state index in [1.54, 1.807) is 25.3 Å². The molecule has 0 aliphatic rings. The molecule has 3 aromatic rings. The number of aromatic nitrogens is 2. The topological polar surface area (TPSA) is 77.2 Å². The lowest BCUT2D eigenvalue weighted by Gasteiger charge is -2.05. The third-order valence-corrected chi connectivity index (χ3v) is 6.03. The molecular formula is C20H19BrClN3O3S. The van der Waals surface area contributed by atoms with Crippen molar-refractivity contribution in [2.75, 3.05) is 18.2 Å². The highest BCUT2D eigenvalue weighted by Crippen LogP contribution is 2.26. The van der Waals surface area contributed by atoms with Crippen LogP contribution in [0.5, 0.6) is 5.75 Å². The van der Waals surface area contributed by atoms with Gasteiger partial charge in [-0.2, -0.15) is 0 Å². The summed E-state index contributed by atoms with van der Waals surface area (Å²) in [5.41, 5.74) is 1.89. The number of halogens is 2. The predicted molar refractivity (Wildman–Crippen MR) is 118 cm³/mol. The van der Waals surface area contributed by atoms with Crippen LogP contribution in [-0.4, -0.2) is 29.0 Å². The number of hydrogen-bond acceptors (Lipinski definition) is 6. The Kier molecular flexibility index (Phi) is 7.97. The fraction of sp³-hybridized carbons (Fsp3) is 0.250. The lowest BCUT2D eigenvalue weighted by atomic mass is 10.1. The molecule has 0 bridgehead atoms. The van der Waals surface area contributed by atoms with Gasteiger partial charge in [-0.3, -0.25) is 4.79 Å². The number of nitrogens with zero attached hydrogens (tertiary/aromatic N) is 2. The summed E-state index contributed by atoms with van der Waals surface area (Å²) in [5.74, 6) is 1.43. The number of aryl methyl sites for hydroxylation is 2.